The third kappa shape index (κ3) is 4.50. The average Bonchev–Trinajstić information content (AvgIpc) is 2.63. The van der Waals surface area contributed by atoms with Crippen LogP contribution in [0.15, 0.2) is 24.3 Å². The molecule has 0 bridgehead atoms. The summed E-state index contributed by atoms with van der Waals surface area (Å²) in [5, 5.41) is 13.6. The fraction of sp³-hybridized carbons (Fsp3) is 0.647. The molecule has 3 heteroatoms. The Bertz CT molecular complexity index is 406. The molecule has 0 heterocycles. The first-order valence-corrected chi connectivity index (χ1v) is 7.83. The first kappa shape index (κ1) is 15.3. The number of nitrogens with one attached hydrogen (secondary N) is 1. The molecule has 2 atom stereocenters. The van der Waals surface area contributed by atoms with Gasteiger partial charge in [-0.3, -0.25) is 0 Å². The lowest BCUT2D eigenvalue weighted by Gasteiger charge is -2.24. The lowest BCUT2D eigenvalue weighted by molar-refractivity contribution is 0.0313. The van der Waals surface area contributed by atoms with Crippen LogP contribution in [0.2, 0.25) is 0 Å². The number of aliphatic hydroxyl groups is 1. The highest BCUT2D eigenvalue weighted by Gasteiger charge is 2.23. The highest BCUT2D eigenvalue weighted by Crippen LogP contribution is 2.25. The first-order chi connectivity index (χ1) is 9.66. The van der Waals surface area contributed by atoms with Crippen LogP contribution in [0.25, 0.3) is 0 Å². The van der Waals surface area contributed by atoms with E-state index in [1.807, 2.05) is 18.2 Å². The van der Waals surface area contributed by atoms with Gasteiger partial charge in [-0.05, 0) is 25.3 Å². The maximum atomic E-state index is 10.2. The first-order valence-electron chi connectivity index (χ1n) is 7.83. The third-order valence-electron chi connectivity index (χ3n) is 3.87. The van der Waals surface area contributed by atoms with Crippen LogP contribution in [0, 0.1) is 0 Å². The molecule has 2 N–H and O–H groups in total. The summed E-state index contributed by atoms with van der Waals surface area (Å²) < 4.78 is 6.12. The van der Waals surface area contributed by atoms with Gasteiger partial charge >= 0.3 is 0 Å². The van der Waals surface area contributed by atoms with Crippen molar-refractivity contribution >= 4 is 0 Å². The largest absolute Gasteiger partial charge is 0.487 e. The third-order valence-corrected chi connectivity index (χ3v) is 3.87. The van der Waals surface area contributed by atoms with E-state index in [1.165, 1.54) is 6.42 Å². The van der Waals surface area contributed by atoms with Crippen LogP contribution in [0.1, 0.15) is 51.5 Å². The molecule has 1 aromatic carbocycles. The second-order valence-electron chi connectivity index (χ2n) is 6.00. The molecule has 1 fully saturated rings. The highest BCUT2D eigenvalue weighted by molar-refractivity contribution is 5.33. The van der Waals surface area contributed by atoms with E-state index in [1.54, 1.807) is 0 Å². The second-order valence-corrected chi connectivity index (χ2v) is 6.00. The van der Waals surface area contributed by atoms with Gasteiger partial charge in [0.2, 0.25) is 0 Å². The standard InChI is InChI=1S/C17H27NO2/c1-13(2)18-12-14-8-6-7-10-16(14)20-17-11-5-3-4-9-15(17)19/h6-8,10,13,15,17-19H,3-5,9,11-12H2,1-2H3. The minimum atomic E-state index is -0.330. The van der Waals surface area contributed by atoms with Crippen LogP contribution in [-0.2, 0) is 6.54 Å². The Morgan fingerprint density at radius 3 is 2.75 bits per heavy atom. The summed E-state index contributed by atoms with van der Waals surface area (Å²) in [6, 6.07) is 8.58. The van der Waals surface area contributed by atoms with Crippen molar-refractivity contribution in [2.45, 2.75) is 70.7 Å². The molecule has 1 aliphatic rings. The van der Waals surface area contributed by atoms with Crippen molar-refractivity contribution in [1.82, 2.24) is 5.32 Å². The predicted octanol–water partition coefficient (Wildman–Crippen LogP) is 3.26. The Kier molecular flexibility index (Phi) is 5.86. The highest BCUT2D eigenvalue weighted by atomic mass is 16.5. The number of benzene rings is 1. The maximum absolute atomic E-state index is 10.2. The number of ether oxygens (including phenoxy) is 1. The van der Waals surface area contributed by atoms with Gasteiger partial charge < -0.3 is 15.2 Å². The van der Waals surface area contributed by atoms with Gasteiger partial charge in [-0.1, -0.05) is 44.9 Å². The molecule has 0 saturated heterocycles. The topological polar surface area (TPSA) is 41.5 Å². The second kappa shape index (κ2) is 7.65. The molecule has 0 radical (unpaired) electrons. The molecule has 0 aliphatic heterocycles. The molecular weight excluding hydrogens is 250 g/mol. The van der Waals surface area contributed by atoms with Gasteiger partial charge in [0.05, 0.1) is 6.10 Å². The zero-order chi connectivity index (χ0) is 14.4. The van der Waals surface area contributed by atoms with Crippen molar-refractivity contribution in [3.8, 4) is 5.75 Å². The molecule has 0 aromatic heterocycles. The molecule has 20 heavy (non-hydrogen) atoms. The summed E-state index contributed by atoms with van der Waals surface area (Å²) in [6.07, 6.45) is 4.88. The average molecular weight is 277 g/mol. The Balaban J connectivity index is 2.03. The molecule has 112 valence electrons. The fourth-order valence-electron chi connectivity index (χ4n) is 2.63. The SMILES string of the molecule is CC(C)NCc1ccccc1OC1CCCCCC1O. The predicted molar refractivity (Wildman–Crippen MR) is 81.9 cm³/mol. The maximum Gasteiger partial charge on any atom is 0.124 e. The van der Waals surface area contributed by atoms with Gasteiger partial charge in [-0.25, -0.2) is 0 Å². The van der Waals surface area contributed by atoms with E-state index in [4.69, 9.17) is 4.74 Å². The van der Waals surface area contributed by atoms with Crippen molar-refractivity contribution in [2.75, 3.05) is 0 Å². The Morgan fingerprint density at radius 2 is 1.95 bits per heavy atom. The van der Waals surface area contributed by atoms with Gasteiger partial charge in [0.25, 0.3) is 0 Å². The van der Waals surface area contributed by atoms with Crippen LogP contribution >= 0.6 is 0 Å². The Hall–Kier alpha value is -1.06. The number of aliphatic hydroxyl groups excluding tert-OH is 1. The van der Waals surface area contributed by atoms with E-state index >= 15 is 0 Å². The van der Waals surface area contributed by atoms with E-state index in [2.05, 4.69) is 25.2 Å². The summed E-state index contributed by atoms with van der Waals surface area (Å²) in [7, 11) is 0. The van der Waals surface area contributed by atoms with Gasteiger partial charge in [0.15, 0.2) is 0 Å². The molecule has 2 rings (SSSR count). The minimum absolute atomic E-state index is 0.0577. The van der Waals surface area contributed by atoms with Gasteiger partial charge in [0, 0.05) is 18.2 Å². The Labute approximate surface area is 122 Å². The van der Waals surface area contributed by atoms with Crippen molar-refractivity contribution in [3.63, 3.8) is 0 Å². The van der Waals surface area contributed by atoms with E-state index in [9.17, 15) is 5.11 Å². The zero-order valence-corrected chi connectivity index (χ0v) is 12.6. The van der Waals surface area contributed by atoms with Gasteiger partial charge in [-0.15, -0.1) is 0 Å². The quantitative estimate of drug-likeness (QED) is 0.812. The number of hydrogen-bond donors (Lipinski definition) is 2. The van der Waals surface area contributed by atoms with E-state index in [-0.39, 0.29) is 12.2 Å². The monoisotopic (exact) mass is 277 g/mol. The van der Waals surface area contributed by atoms with Crippen molar-refractivity contribution in [2.24, 2.45) is 0 Å². The Morgan fingerprint density at radius 1 is 1.20 bits per heavy atom. The summed E-state index contributed by atoms with van der Waals surface area (Å²) in [4.78, 5) is 0. The normalized spacial score (nSPS) is 23.6. The lowest BCUT2D eigenvalue weighted by atomic mass is 10.1. The molecule has 1 saturated carbocycles. The summed E-state index contributed by atoms with van der Waals surface area (Å²) in [5.41, 5.74) is 1.16. The molecule has 1 aliphatic carbocycles. The van der Waals surface area contributed by atoms with Crippen LogP contribution < -0.4 is 10.1 Å². The molecular formula is C17H27NO2. The number of para-hydroxylation sites is 1. The van der Waals surface area contributed by atoms with Crippen molar-refractivity contribution in [3.05, 3.63) is 29.8 Å². The fourth-order valence-corrected chi connectivity index (χ4v) is 2.63. The van der Waals surface area contributed by atoms with E-state index in [0.29, 0.717) is 6.04 Å². The molecule has 1 aromatic rings. The summed E-state index contributed by atoms with van der Waals surface area (Å²) in [6.45, 7) is 5.08. The van der Waals surface area contributed by atoms with E-state index < -0.39 is 0 Å². The zero-order valence-electron chi connectivity index (χ0n) is 12.6. The lowest BCUT2D eigenvalue weighted by Crippen LogP contribution is -2.31. The summed E-state index contributed by atoms with van der Waals surface area (Å²) in [5.74, 6) is 0.909. The number of hydrogen-bond acceptors (Lipinski definition) is 3. The van der Waals surface area contributed by atoms with Crippen molar-refractivity contribution < 1.29 is 9.84 Å². The molecule has 0 spiro atoms. The van der Waals surface area contributed by atoms with Gasteiger partial charge in [0.1, 0.15) is 11.9 Å². The van der Waals surface area contributed by atoms with Crippen LogP contribution in [0.4, 0.5) is 0 Å². The molecule has 0 amide bonds. The molecule has 2 unspecified atom stereocenters. The van der Waals surface area contributed by atoms with Crippen LogP contribution in [0.3, 0.4) is 0 Å². The van der Waals surface area contributed by atoms with Crippen molar-refractivity contribution in [1.29, 1.82) is 0 Å². The molecule has 3 nitrogen and oxygen atoms in total. The van der Waals surface area contributed by atoms with Crippen LogP contribution in [0.5, 0.6) is 5.75 Å². The van der Waals surface area contributed by atoms with Crippen LogP contribution in [-0.4, -0.2) is 23.4 Å². The smallest absolute Gasteiger partial charge is 0.124 e. The number of rotatable bonds is 5. The minimum Gasteiger partial charge on any atom is -0.487 e. The van der Waals surface area contributed by atoms with Gasteiger partial charge in [-0.2, -0.15) is 0 Å². The van der Waals surface area contributed by atoms with E-state index in [0.717, 1.165) is 43.5 Å². The summed E-state index contributed by atoms with van der Waals surface area (Å²) >= 11 is 0.